The number of sulfonamides is 1. The maximum Gasteiger partial charge on any atom is 0.264 e. The average Bonchev–Trinajstić information content (AvgIpc) is 3.48. The first kappa shape index (κ1) is 22.2. The molecule has 0 bridgehead atoms. The molecule has 32 heavy (non-hydrogen) atoms. The summed E-state index contributed by atoms with van der Waals surface area (Å²) in [5.74, 6) is 0.785. The molecule has 1 atom stereocenters. The van der Waals surface area contributed by atoms with Crippen LogP contribution in [0.2, 0.25) is 0 Å². The van der Waals surface area contributed by atoms with Crippen molar-refractivity contribution in [2.24, 2.45) is 5.92 Å². The first-order valence-electron chi connectivity index (χ1n) is 11.0. The van der Waals surface area contributed by atoms with Gasteiger partial charge in [-0.05, 0) is 74.1 Å². The fraction of sp³-hybridized carbons (Fsp3) is 0.375. The number of hydrogen-bond donors (Lipinski definition) is 2. The number of nitrogens with zero attached hydrogens (tertiary/aromatic N) is 1. The van der Waals surface area contributed by atoms with E-state index in [1.54, 1.807) is 49.6 Å². The van der Waals surface area contributed by atoms with Crippen molar-refractivity contribution in [1.82, 2.24) is 0 Å². The van der Waals surface area contributed by atoms with Gasteiger partial charge in [-0.2, -0.15) is 0 Å². The number of hydrogen-bond acceptors (Lipinski definition) is 5. The van der Waals surface area contributed by atoms with Crippen molar-refractivity contribution in [1.29, 1.82) is 0 Å². The zero-order valence-corrected chi connectivity index (χ0v) is 19.0. The van der Waals surface area contributed by atoms with Crippen molar-refractivity contribution < 1.29 is 17.9 Å². The maximum absolute atomic E-state index is 13.4. The third-order valence-corrected chi connectivity index (χ3v) is 7.29. The van der Waals surface area contributed by atoms with E-state index in [4.69, 9.17) is 4.74 Å². The summed E-state index contributed by atoms with van der Waals surface area (Å²) in [7, 11) is -2.32. The largest absolute Gasteiger partial charge is 0.497 e. The minimum absolute atomic E-state index is 0.109. The van der Waals surface area contributed by atoms with Crippen molar-refractivity contribution >= 4 is 33.0 Å². The highest BCUT2D eigenvalue weighted by Gasteiger charge is 2.25. The molecule has 1 aliphatic heterocycles. The van der Waals surface area contributed by atoms with Gasteiger partial charge in [-0.15, -0.1) is 0 Å². The number of nitrogens with one attached hydrogen (secondary N) is 2. The number of benzene rings is 2. The lowest BCUT2D eigenvalue weighted by atomic mass is 10.1. The van der Waals surface area contributed by atoms with Gasteiger partial charge in [-0.3, -0.25) is 9.52 Å². The maximum atomic E-state index is 13.4. The second kappa shape index (κ2) is 9.65. The predicted molar refractivity (Wildman–Crippen MR) is 127 cm³/mol. The topological polar surface area (TPSA) is 87.7 Å². The minimum atomic E-state index is -3.88. The molecule has 1 amide bonds. The van der Waals surface area contributed by atoms with E-state index in [2.05, 4.69) is 27.1 Å². The monoisotopic (exact) mass is 455 g/mol. The van der Waals surface area contributed by atoms with E-state index in [0.717, 1.165) is 38.8 Å². The van der Waals surface area contributed by atoms with Gasteiger partial charge in [0.25, 0.3) is 10.0 Å². The fourth-order valence-corrected chi connectivity index (χ4v) is 5.52. The number of methoxy groups -OCH3 is 1. The zero-order chi connectivity index (χ0) is 22.6. The van der Waals surface area contributed by atoms with Gasteiger partial charge in [0.2, 0.25) is 5.91 Å². The Labute approximate surface area is 189 Å². The Morgan fingerprint density at radius 2 is 1.81 bits per heavy atom. The Morgan fingerprint density at radius 1 is 1.09 bits per heavy atom. The van der Waals surface area contributed by atoms with Crippen LogP contribution in [-0.4, -0.2) is 34.5 Å². The number of ether oxygens (including phenoxy) is 1. The van der Waals surface area contributed by atoms with Crippen molar-refractivity contribution in [2.45, 2.75) is 37.0 Å². The van der Waals surface area contributed by atoms with Crippen LogP contribution in [0.25, 0.3) is 0 Å². The molecule has 2 N–H and O–H groups in total. The molecule has 1 heterocycles. The third-order valence-electron chi connectivity index (χ3n) is 5.88. The van der Waals surface area contributed by atoms with Gasteiger partial charge >= 0.3 is 0 Å². The number of rotatable bonds is 8. The highest BCUT2D eigenvalue weighted by atomic mass is 32.2. The van der Waals surface area contributed by atoms with Gasteiger partial charge in [0.05, 0.1) is 12.8 Å². The number of anilines is 3. The van der Waals surface area contributed by atoms with Crippen LogP contribution in [0.5, 0.6) is 5.75 Å². The van der Waals surface area contributed by atoms with E-state index < -0.39 is 10.0 Å². The average molecular weight is 456 g/mol. The normalized spacial score (nSPS) is 18.0. The molecule has 2 aliphatic rings. The smallest absolute Gasteiger partial charge is 0.264 e. The van der Waals surface area contributed by atoms with Gasteiger partial charge in [0.1, 0.15) is 10.6 Å². The Morgan fingerprint density at radius 3 is 2.47 bits per heavy atom. The second-order valence-corrected chi connectivity index (χ2v) is 9.88. The summed E-state index contributed by atoms with van der Waals surface area (Å²) in [6.07, 6.45) is 8.60. The standard InChI is InChI=1S/C24H29N3O4S/c1-31-21-11-8-19(9-12-21)26-32(29,30)23-17-20(10-13-22(23)27-14-4-5-15-27)25-24(28)16-18-6-2-3-7-18/h2,6,8-13,17-18,26H,3-5,7,14-16H2,1H3,(H,25,28). The number of carbonyl (C=O) groups is 1. The number of allylic oxidation sites excluding steroid dienone is 2. The van der Waals surface area contributed by atoms with E-state index >= 15 is 0 Å². The van der Waals surface area contributed by atoms with E-state index in [0.29, 0.717) is 29.2 Å². The molecule has 1 fully saturated rings. The molecule has 7 nitrogen and oxygen atoms in total. The van der Waals surface area contributed by atoms with Crippen LogP contribution in [0.1, 0.15) is 32.1 Å². The van der Waals surface area contributed by atoms with Crippen LogP contribution in [0.15, 0.2) is 59.5 Å². The van der Waals surface area contributed by atoms with Crippen molar-refractivity contribution in [3.05, 3.63) is 54.6 Å². The predicted octanol–water partition coefficient (Wildman–Crippen LogP) is 4.39. The molecule has 0 aromatic heterocycles. The second-order valence-electron chi connectivity index (χ2n) is 8.23. The molecule has 1 saturated heterocycles. The Hall–Kier alpha value is -3.00. The molecular weight excluding hydrogens is 426 g/mol. The van der Waals surface area contributed by atoms with Crippen LogP contribution in [-0.2, 0) is 14.8 Å². The molecule has 2 aromatic rings. The highest BCUT2D eigenvalue weighted by molar-refractivity contribution is 7.92. The molecule has 2 aromatic carbocycles. The van der Waals surface area contributed by atoms with Crippen molar-refractivity contribution in [3.8, 4) is 5.75 Å². The SMILES string of the molecule is COc1ccc(NS(=O)(=O)c2cc(NC(=O)CC3C=CCC3)ccc2N2CCCC2)cc1. The van der Waals surface area contributed by atoms with E-state index in [-0.39, 0.29) is 16.7 Å². The molecule has 0 spiro atoms. The summed E-state index contributed by atoms with van der Waals surface area (Å²) in [5.41, 5.74) is 1.58. The van der Waals surface area contributed by atoms with Crippen molar-refractivity contribution in [3.63, 3.8) is 0 Å². The number of amides is 1. The lowest BCUT2D eigenvalue weighted by Gasteiger charge is -2.22. The van der Waals surface area contributed by atoms with Crippen molar-refractivity contribution in [2.75, 3.05) is 35.1 Å². The van der Waals surface area contributed by atoms with Crippen LogP contribution >= 0.6 is 0 Å². The van der Waals surface area contributed by atoms with Crippen LogP contribution in [0, 0.1) is 5.92 Å². The summed E-state index contributed by atoms with van der Waals surface area (Å²) in [6, 6.07) is 11.9. The summed E-state index contributed by atoms with van der Waals surface area (Å²) < 4.78 is 34.5. The van der Waals surface area contributed by atoms with Crippen LogP contribution < -0.4 is 19.7 Å². The minimum Gasteiger partial charge on any atom is -0.497 e. The lowest BCUT2D eigenvalue weighted by Crippen LogP contribution is -2.23. The summed E-state index contributed by atoms with van der Waals surface area (Å²) in [5, 5.41) is 2.88. The lowest BCUT2D eigenvalue weighted by molar-refractivity contribution is -0.116. The van der Waals surface area contributed by atoms with Gasteiger partial charge < -0.3 is 15.0 Å². The Balaban J connectivity index is 1.59. The molecule has 1 unspecified atom stereocenters. The van der Waals surface area contributed by atoms with Gasteiger partial charge in [0.15, 0.2) is 0 Å². The van der Waals surface area contributed by atoms with E-state index in [1.165, 1.54) is 0 Å². The van der Waals surface area contributed by atoms with Crippen LogP contribution in [0.3, 0.4) is 0 Å². The summed E-state index contributed by atoms with van der Waals surface area (Å²) in [4.78, 5) is 14.7. The molecule has 0 radical (unpaired) electrons. The molecule has 8 heteroatoms. The molecule has 4 rings (SSSR count). The van der Waals surface area contributed by atoms with Gasteiger partial charge in [-0.25, -0.2) is 8.42 Å². The zero-order valence-electron chi connectivity index (χ0n) is 18.2. The first-order chi connectivity index (χ1) is 15.4. The Kier molecular flexibility index (Phi) is 6.69. The quantitative estimate of drug-likeness (QED) is 0.577. The summed E-state index contributed by atoms with van der Waals surface area (Å²) >= 11 is 0. The third kappa shape index (κ3) is 5.24. The summed E-state index contributed by atoms with van der Waals surface area (Å²) in [6.45, 7) is 1.62. The highest BCUT2D eigenvalue weighted by Crippen LogP contribution is 2.33. The molecule has 0 saturated carbocycles. The van der Waals surface area contributed by atoms with Gasteiger partial charge in [0, 0.05) is 30.9 Å². The first-order valence-corrected chi connectivity index (χ1v) is 12.5. The van der Waals surface area contributed by atoms with Gasteiger partial charge in [-0.1, -0.05) is 12.2 Å². The molecular formula is C24H29N3O4S. The molecule has 1 aliphatic carbocycles. The van der Waals surface area contributed by atoms with E-state index in [9.17, 15) is 13.2 Å². The Bertz CT molecular complexity index is 1090. The fourth-order valence-electron chi connectivity index (χ4n) is 4.21. The van der Waals surface area contributed by atoms with E-state index in [1.807, 2.05) is 0 Å². The van der Waals surface area contributed by atoms with Crippen LogP contribution in [0.4, 0.5) is 17.1 Å². The molecule has 170 valence electrons. The number of carbonyl (C=O) groups excluding carboxylic acids is 1.